The van der Waals surface area contributed by atoms with Crippen LogP contribution in [0.15, 0.2) is 48.6 Å². The predicted molar refractivity (Wildman–Crippen MR) is 97.4 cm³/mol. The number of fused-ring (bicyclic) bond motifs is 1. The van der Waals surface area contributed by atoms with Crippen molar-refractivity contribution in [3.63, 3.8) is 0 Å². The van der Waals surface area contributed by atoms with Gasteiger partial charge in [0, 0.05) is 19.7 Å². The van der Waals surface area contributed by atoms with Gasteiger partial charge in [-0.1, -0.05) is 31.2 Å². The molecule has 0 N–H and O–H groups in total. The lowest BCUT2D eigenvalue weighted by Gasteiger charge is -2.17. The standard InChI is InChI=1S/C20H23NO4/c1-4-5-6-20(23)25-14-19(22)21(2)13-15-7-8-17-12-18(24-3)10-9-16(17)11-15/h5-12H,4,13-14H2,1-3H3/b6-5+. The summed E-state index contributed by atoms with van der Waals surface area (Å²) in [5.41, 5.74) is 1.01. The normalized spacial score (nSPS) is 10.8. The molecule has 0 spiro atoms. The third-order valence-corrected chi connectivity index (χ3v) is 3.78. The van der Waals surface area contributed by atoms with Gasteiger partial charge in [0.05, 0.1) is 7.11 Å². The van der Waals surface area contributed by atoms with Crippen LogP contribution in [0.2, 0.25) is 0 Å². The summed E-state index contributed by atoms with van der Waals surface area (Å²) in [6.45, 7) is 2.11. The Labute approximate surface area is 147 Å². The average Bonchev–Trinajstić information content (AvgIpc) is 2.63. The number of benzene rings is 2. The fraction of sp³-hybridized carbons (Fsp3) is 0.300. The van der Waals surface area contributed by atoms with Crippen molar-refractivity contribution in [3.05, 3.63) is 54.1 Å². The minimum absolute atomic E-state index is 0.243. The number of nitrogens with zero attached hydrogens (tertiary/aromatic N) is 1. The van der Waals surface area contributed by atoms with Crippen molar-refractivity contribution in [1.82, 2.24) is 4.90 Å². The van der Waals surface area contributed by atoms with Crippen LogP contribution < -0.4 is 4.74 Å². The minimum Gasteiger partial charge on any atom is -0.497 e. The van der Waals surface area contributed by atoms with Crippen LogP contribution in [0.3, 0.4) is 0 Å². The molecule has 0 fully saturated rings. The molecule has 5 nitrogen and oxygen atoms in total. The van der Waals surface area contributed by atoms with E-state index >= 15 is 0 Å². The van der Waals surface area contributed by atoms with Gasteiger partial charge < -0.3 is 14.4 Å². The summed E-state index contributed by atoms with van der Waals surface area (Å²) in [7, 11) is 3.33. The maximum Gasteiger partial charge on any atom is 0.330 e. The second-order valence-electron chi connectivity index (χ2n) is 5.72. The quantitative estimate of drug-likeness (QED) is 0.573. The maximum atomic E-state index is 12.1. The number of esters is 1. The molecule has 0 bridgehead atoms. The number of allylic oxidation sites excluding steroid dienone is 1. The number of ether oxygens (including phenoxy) is 2. The number of likely N-dealkylation sites (N-methyl/N-ethyl adjacent to an activating group) is 1. The minimum atomic E-state index is -0.497. The maximum absolute atomic E-state index is 12.1. The molecule has 0 saturated heterocycles. The number of methoxy groups -OCH3 is 1. The van der Waals surface area contributed by atoms with Gasteiger partial charge in [-0.2, -0.15) is 0 Å². The van der Waals surface area contributed by atoms with E-state index in [2.05, 4.69) is 0 Å². The molecular weight excluding hydrogens is 318 g/mol. The van der Waals surface area contributed by atoms with E-state index in [-0.39, 0.29) is 12.5 Å². The Morgan fingerprint density at radius 2 is 1.84 bits per heavy atom. The molecule has 0 saturated carbocycles. The van der Waals surface area contributed by atoms with Gasteiger partial charge >= 0.3 is 5.97 Å². The van der Waals surface area contributed by atoms with E-state index < -0.39 is 5.97 Å². The van der Waals surface area contributed by atoms with Gasteiger partial charge in [0.25, 0.3) is 5.91 Å². The first-order valence-electron chi connectivity index (χ1n) is 8.17. The number of hydrogen-bond donors (Lipinski definition) is 0. The van der Waals surface area contributed by atoms with Gasteiger partial charge in [-0.25, -0.2) is 4.79 Å². The fourth-order valence-corrected chi connectivity index (χ4v) is 2.37. The second-order valence-corrected chi connectivity index (χ2v) is 5.72. The zero-order valence-corrected chi connectivity index (χ0v) is 14.8. The zero-order chi connectivity index (χ0) is 18.2. The summed E-state index contributed by atoms with van der Waals surface area (Å²) in [6, 6.07) is 11.9. The van der Waals surface area contributed by atoms with Gasteiger partial charge in [0.1, 0.15) is 5.75 Å². The van der Waals surface area contributed by atoms with E-state index in [4.69, 9.17) is 9.47 Å². The van der Waals surface area contributed by atoms with Crippen molar-refractivity contribution >= 4 is 22.6 Å². The molecule has 0 unspecified atom stereocenters. The lowest BCUT2D eigenvalue weighted by molar-refractivity contribution is -0.147. The molecule has 0 radical (unpaired) electrons. The first-order chi connectivity index (χ1) is 12.0. The molecule has 0 aliphatic carbocycles. The van der Waals surface area contributed by atoms with Crippen LogP contribution in [0.5, 0.6) is 5.75 Å². The highest BCUT2D eigenvalue weighted by atomic mass is 16.5. The molecule has 0 atom stereocenters. The van der Waals surface area contributed by atoms with Crippen LogP contribution in [0, 0.1) is 0 Å². The molecule has 0 aliphatic heterocycles. The molecule has 2 aromatic carbocycles. The van der Waals surface area contributed by atoms with Crippen molar-refractivity contribution in [3.8, 4) is 5.75 Å². The second kappa shape index (κ2) is 8.87. The third kappa shape index (κ3) is 5.35. The fourth-order valence-electron chi connectivity index (χ4n) is 2.37. The average molecular weight is 341 g/mol. The van der Waals surface area contributed by atoms with Gasteiger partial charge in [0.15, 0.2) is 6.61 Å². The monoisotopic (exact) mass is 341 g/mol. The topological polar surface area (TPSA) is 55.8 Å². The number of amides is 1. The van der Waals surface area contributed by atoms with Crippen molar-refractivity contribution in [2.75, 3.05) is 20.8 Å². The molecule has 0 heterocycles. The van der Waals surface area contributed by atoms with Crippen LogP contribution in [0.4, 0.5) is 0 Å². The van der Waals surface area contributed by atoms with Crippen molar-refractivity contribution in [2.24, 2.45) is 0 Å². The Morgan fingerprint density at radius 3 is 2.56 bits per heavy atom. The number of carbonyl (C=O) groups excluding carboxylic acids is 2. The Balaban J connectivity index is 1.96. The highest BCUT2D eigenvalue weighted by Gasteiger charge is 2.11. The third-order valence-electron chi connectivity index (χ3n) is 3.78. The molecule has 0 aromatic heterocycles. The van der Waals surface area contributed by atoms with Crippen LogP contribution in [0.1, 0.15) is 18.9 Å². The molecule has 2 rings (SSSR count). The van der Waals surface area contributed by atoms with Gasteiger partial charge in [-0.15, -0.1) is 0 Å². The molecular formula is C20H23NO4. The van der Waals surface area contributed by atoms with E-state index in [0.717, 1.165) is 28.5 Å². The summed E-state index contributed by atoms with van der Waals surface area (Å²) in [4.78, 5) is 25.0. The van der Waals surface area contributed by atoms with Crippen LogP contribution in [-0.2, 0) is 20.9 Å². The molecule has 25 heavy (non-hydrogen) atoms. The van der Waals surface area contributed by atoms with E-state index in [9.17, 15) is 9.59 Å². The first kappa shape index (κ1) is 18.5. The van der Waals surface area contributed by atoms with Gasteiger partial charge in [-0.05, 0) is 41.0 Å². The zero-order valence-electron chi connectivity index (χ0n) is 14.8. The van der Waals surface area contributed by atoms with E-state index in [1.54, 1.807) is 25.1 Å². The largest absolute Gasteiger partial charge is 0.497 e. The Hall–Kier alpha value is -2.82. The summed E-state index contributed by atoms with van der Waals surface area (Å²) < 4.78 is 10.1. The van der Waals surface area contributed by atoms with E-state index in [1.165, 1.54) is 6.08 Å². The van der Waals surface area contributed by atoms with E-state index in [1.807, 2.05) is 43.3 Å². The molecule has 1 amide bonds. The lowest BCUT2D eigenvalue weighted by atomic mass is 10.1. The SMILES string of the molecule is CC/C=C/C(=O)OCC(=O)N(C)Cc1ccc2cc(OC)ccc2c1. The summed E-state index contributed by atoms with van der Waals surface area (Å²) in [5, 5.41) is 2.16. The Bertz CT molecular complexity index is 782. The van der Waals surface area contributed by atoms with Gasteiger partial charge in [-0.3, -0.25) is 4.79 Å². The molecule has 0 aliphatic rings. The predicted octanol–water partition coefficient (Wildman–Crippen LogP) is 3.32. The van der Waals surface area contributed by atoms with Crippen LogP contribution >= 0.6 is 0 Å². The van der Waals surface area contributed by atoms with Crippen LogP contribution in [0.25, 0.3) is 10.8 Å². The van der Waals surface area contributed by atoms with Crippen LogP contribution in [-0.4, -0.2) is 37.5 Å². The van der Waals surface area contributed by atoms with Gasteiger partial charge in [0.2, 0.25) is 0 Å². The summed E-state index contributed by atoms with van der Waals surface area (Å²) in [6.07, 6.45) is 3.78. The number of rotatable bonds is 7. The first-order valence-corrected chi connectivity index (χ1v) is 8.17. The smallest absolute Gasteiger partial charge is 0.330 e. The molecule has 132 valence electrons. The molecule has 5 heteroatoms. The Morgan fingerprint density at radius 1 is 1.12 bits per heavy atom. The van der Waals surface area contributed by atoms with Crippen molar-refractivity contribution in [1.29, 1.82) is 0 Å². The van der Waals surface area contributed by atoms with E-state index in [0.29, 0.717) is 6.54 Å². The van der Waals surface area contributed by atoms with Crippen molar-refractivity contribution < 1.29 is 19.1 Å². The lowest BCUT2D eigenvalue weighted by Crippen LogP contribution is -2.30. The highest BCUT2D eigenvalue weighted by Crippen LogP contribution is 2.22. The summed E-state index contributed by atoms with van der Waals surface area (Å²) >= 11 is 0. The highest BCUT2D eigenvalue weighted by molar-refractivity contribution is 5.86. The number of carbonyl (C=O) groups is 2. The molecule has 2 aromatic rings. The summed E-state index contributed by atoms with van der Waals surface area (Å²) in [5.74, 6) is 0.0720. The van der Waals surface area contributed by atoms with Crippen molar-refractivity contribution in [2.45, 2.75) is 19.9 Å². The number of hydrogen-bond acceptors (Lipinski definition) is 4. The Kier molecular flexibility index (Phi) is 6.57.